The van der Waals surface area contributed by atoms with Gasteiger partial charge in [-0.2, -0.15) is 0 Å². The number of phenols is 1. The molecule has 0 unspecified atom stereocenters. The molecule has 0 fully saturated rings. The van der Waals surface area contributed by atoms with E-state index in [4.69, 9.17) is 0 Å². The largest absolute Gasteiger partial charge is 0.506 e. The van der Waals surface area contributed by atoms with Crippen molar-refractivity contribution in [2.45, 2.75) is 19.0 Å². The first-order valence-corrected chi connectivity index (χ1v) is 9.46. The van der Waals surface area contributed by atoms with Crippen LogP contribution in [0.4, 0.5) is 11.4 Å². The van der Waals surface area contributed by atoms with Crippen LogP contribution in [-0.2, 0) is 4.79 Å². The average molecular weight is 406 g/mol. The Morgan fingerprint density at radius 3 is 2.89 bits per heavy atom. The van der Waals surface area contributed by atoms with Crippen LogP contribution >= 0.6 is 23.1 Å². The number of thioether (sulfide) groups is 1. The number of rotatable bonds is 5. The van der Waals surface area contributed by atoms with Crippen molar-refractivity contribution in [2.75, 3.05) is 11.1 Å². The Labute approximate surface area is 160 Å². The summed E-state index contributed by atoms with van der Waals surface area (Å²) in [7, 11) is 0. The van der Waals surface area contributed by atoms with E-state index in [1.807, 2.05) is 13.8 Å². The van der Waals surface area contributed by atoms with Crippen LogP contribution in [0.25, 0.3) is 10.2 Å². The first-order chi connectivity index (χ1) is 12.8. The van der Waals surface area contributed by atoms with Crippen molar-refractivity contribution < 1.29 is 14.8 Å². The number of nitrogens with zero attached hydrogens (tertiary/aromatic N) is 2. The fourth-order valence-electron chi connectivity index (χ4n) is 2.36. The molecule has 0 atom stereocenters. The molecule has 0 bridgehead atoms. The van der Waals surface area contributed by atoms with Gasteiger partial charge in [-0.05, 0) is 25.5 Å². The number of aromatic nitrogens is 2. The lowest BCUT2D eigenvalue weighted by atomic mass is 10.2. The molecule has 3 rings (SSSR count). The zero-order valence-corrected chi connectivity index (χ0v) is 15.9. The summed E-state index contributed by atoms with van der Waals surface area (Å²) < 4.78 is 0. The molecule has 1 amide bonds. The van der Waals surface area contributed by atoms with Gasteiger partial charge >= 0.3 is 0 Å². The number of H-pyrrole nitrogens is 1. The molecule has 0 aliphatic heterocycles. The molecule has 3 N–H and O–H groups in total. The summed E-state index contributed by atoms with van der Waals surface area (Å²) in [6.45, 7) is 3.77. The number of phenolic OH excluding ortho intramolecular Hbond substituents is 1. The van der Waals surface area contributed by atoms with Gasteiger partial charge in [0.1, 0.15) is 10.6 Å². The highest BCUT2D eigenvalue weighted by Gasteiger charge is 2.15. The number of hydrogen-bond acceptors (Lipinski definition) is 8. The molecule has 0 radical (unpaired) electrons. The molecule has 1 aromatic carbocycles. The van der Waals surface area contributed by atoms with E-state index in [1.165, 1.54) is 11.3 Å². The van der Waals surface area contributed by atoms with Crippen LogP contribution in [0.5, 0.6) is 5.75 Å². The summed E-state index contributed by atoms with van der Waals surface area (Å²) in [6.07, 6.45) is 0. The first-order valence-electron chi connectivity index (χ1n) is 7.66. The molecule has 11 heteroatoms. The number of carbonyl (C=O) groups excluding carboxylic acids is 1. The number of aromatic amines is 1. The average Bonchev–Trinajstić information content (AvgIpc) is 2.89. The van der Waals surface area contributed by atoms with Crippen LogP contribution in [0, 0.1) is 24.0 Å². The highest BCUT2D eigenvalue weighted by molar-refractivity contribution is 7.99. The maximum Gasteiger partial charge on any atom is 0.271 e. The quantitative estimate of drug-likeness (QED) is 0.195. The van der Waals surface area contributed by atoms with E-state index < -0.39 is 10.8 Å². The summed E-state index contributed by atoms with van der Waals surface area (Å²) in [5, 5.41) is 23.8. The van der Waals surface area contributed by atoms with Gasteiger partial charge in [0.05, 0.1) is 21.7 Å². The first kappa shape index (κ1) is 18.9. The van der Waals surface area contributed by atoms with Gasteiger partial charge in [-0.3, -0.25) is 19.7 Å². The van der Waals surface area contributed by atoms with Crippen LogP contribution in [-0.4, -0.2) is 31.7 Å². The van der Waals surface area contributed by atoms with Crippen LogP contribution in [0.15, 0.2) is 28.2 Å². The second-order valence-electron chi connectivity index (χ2n) is 5.63. The lowest BCUT2D eigenvalue weighted by Crippen LogP contribution is -2.15. The van der Waals surface area contributed by atoms with Crippen LogP contribution < -0.4 is 10.9 Å². The van der Waals surface area contributed by atoms with E-state index >= 15 is 0 Å². The topological polar surface area (TPSA) is 138 Å². The Kier molecular flexibility index (Phi) is 5.15. The van der Waals surface area contributed by atoms with E-state index in [9.17, 15) is 24.8 Å². The summed E-state index contributed by atoms with van der Waals surface area (Å²) in [6, 6.07) is 3.34. The fourth-order valence-corrected chi connectivity index (χ4v) is 4.11. The summed E-state index contributed by atoms with van der Waals surface area (Å²) in [4.78, 5) is 43.1. The number of nitrogens with one attached hydrogen (secondary N) is 2. The Bertz CT molecular complexity index is 1120. The van der Waals surface area contributed by atoms with Gasteiger partial charge in [0.25, 0.3) is 11.2 Å². The normalized spacial score (nSPS) is 10.9. The summed E-state index contributed by atoms with van der Waals surface area (Å²) >= 11 is 2.43. The molecule has 0 spiro atoms. The highest BCUT2D eigenvalue weighted by atomic mass is 32.2. The molecule has 140 valence electrons. The van der Waals surface area contributed by atoms with Gasteiger partial charge in [0, 0.05) is 17.0 Å². The molecule has 0 saturated heterocycles. The number of thiophene rings is 1. The highest BCUT2D eigenvalue weighted by Crippen LogP contribution is 2.29. The minimum absolute atomic E-state index is 0.0591. The standard InChI is InChI=1S/C16H14N4O5S2/c1-7-8(2)27-15-13(7)14(23)18-16(19-15)26-6-12(22)17-10-5-9(20(24)25)3-4-11(10)21/h3-5,21H,6H2,1-2H3,(H,17,22)(H,18,19,23). The zero-order chi connectivity index (χ0) is 19.7. The lowest BCUT2D eigenvalue weighted by molar-refractivity contribution is -0.384. The van der Waals surface area contributed by atoms with Crippen molar-refractivity contribution in [3.63, 3.8) is 0 Å². The molecule has 27 heavy (non-hydrogen) atoms. The van der Waals surface area contributed by atoms with Crippen molar-refractivity contribution >= 4 is 50.6 Å². The lowest BCUT2D eigenvalue weighted by Gasteiger charge is -2.07. The smallest absolute Gasteiger partial charge is 0.271 e. The third kappa shape index (κ3) is 3.93. The van der Waals surface area contributed by atoms with Crippen molar-refractivity contribution in [2.24, 2.45) is 0 Å². The van der Waals surface area contributed by atoms with E-state index in [2.05, 4.69) is 15.3 Å². The van der Waals surface area contributed by atoms with Gasteiger partial charge in [-0.1, -0.05) is 11.8 Å². The number of aromatic hydroxyl groups is 1. The Hall–Kier alpha value is -2.92. The number of aryl methyl sites for hydroxylation is 2. The number of amides is 1. The monoisotopic (exact) mass is 406 g/mol. The number of non-ortho nitro benzene ring substituents is 1. The minimum atomic E-state index is -0.626. The van der Waals surface area contributed by atoms with Crippen LogP contribution in [0.2, 0.25) is 0 Å². The van der Waals surface area contributed by atoms with Gasteiger partial charge in [-0.15, -0.1) is 11.3 Å². The second kappa shape index (κ2) is 7.37. The molecular formula is C16H14N4O5S2. The van der Waals surface area contributed by atoms with Crippen molar-refractivity contribution in [1.29, 1.82) is 0 Å². The molecule has 2 aromatic heterocycles. The summed E-state index contributed by atoms with van der Waals surface area (Å²) in [5.74, 6) is -0.881. The van der Waals surface area contributed by atoms with Gasteiger partial charge < -0.3 is 15.4 Å². The van der Waals surface area contributed by atoms with Gasteiger partial charge in [0.15, 0.2) is 5.16 Å². The predicted octanol–water partition coefficient (Wildman–Crippen LogP) is 2.95. The SMILES string of the molecule is Cc1sc2nc(SCC(=O)Nc3cc([N+](=O)[O-])ccc3O)[nH]c(=O)c2c1C. The number of benzene rings is 1. The molecule has 0 aliphatic rings. The molecule has 0 aliphatic carbocycles. The van der Waals surface area contributed by atoms with Crippen molar-refractivity contribution in [3.05, 3.63) is 49.1 Å². The third-order valence-corrected chi connectivity index (χ3v) is 5.80. The minimum Gasteiger partial charge on any atom is -0.506 e. The Morgan fingerprint density at radius 1 is 1.44 bits per heavy atom. The van der Waals surface area contributed by atoms with Gasteiger partial charge in [-0.25, -0.2) is 4.98 Å². The maximum atomic E-state index is 12.2. The summed E-state index contributed by atoms with van der Waals surface area (Å²) in [5.41, 5.74) is 0.312. The third-order valence-electron chi connectivity index (χ3n) is 3.82. The van der Waals surface area contributed by atoms with Gasteiger partial charge in [0.2, 0.25) is 5.91 Å². The van der Waals surface area contributed by atoms with Crippen LogP contribution in [0.3, 0.4) is 0 Å². The van der Waals surface area contributed by atoms with Crippen molar-refractivity contribution in [3.8, 4) is 5.75 Å². The fraction of sp³-hybridized carbons (Fsp3) is 0.188. The van der Waals surface area contributed by atoms with Crippen molar-refractivity contribution in [1.82, 2.24) is 9.97 Å². The number of hydrogen-bond donors (Lipinski definition) is 3. The van der Waals surface area contributed by atoms with Crippen LogP contribution in [0.1, 0.15) is 10.4 Å². The maximum absolute atomic E-state index is 12.2. The van der Waals surface area contributed by atoms with E-state index in [-0.39, 0.29) is 28.4 Å². The number of nitro benzene ring substituents is 1. The number of anilines is 1. The van der Waals surface area contributed by atoms with E-state index in [1.54, 1.807) is 0 Å². The van der Waals surface area contributed by atoms with E-state index in [0.29, 0.717) is 15.4 Å². The Balaban J connectivity index is 1.73. The molecule has 0 saturated carbocycles. The van der Waals surface area contributed by atoms with E-state index in [0.717, 1.165) is 40.4 Å². The molecule has 9 nitrogen and oxygen atoms in total. The predicted molar refractivity (Wildman–Crippen MR) is 104 cm³/mol. The molecule has 3 aromatic rings. The molecular weight excluding hydrogens is 392 g/mol. The number of carbonyl (C=O) groups is 1. The number of nitro groups is 1. The second-order valence-corrected chi connectivity index (χ2v) is 7.80. The zero-order valence-electron chi connectivity index (χ0n) is 14.2. The Morgan fingerprint density at radius 2 is 2.19 bits per heavy atom. The molecule has 2 heterocycles. The number of fused-ring (bicyclic) bond motifs is 1.